The Morgan fingerprint density at radius 3 is 2.85 bits per heavy atom. The van der Waals surface area contributed by atoms with Gasteiger partial charge in [0.2, 0.25) is 0 Å². The van der Waals surface area contributed by atoms with Crippen LogP contribution in [0, 0.1) is 6.92 Å². The van der Waals surface area contributed by atoms with Crippen molar-refractivity contribution in [3.05, 3.63) is 60.2 Å². The summed E-state index contributed by atoms with van der Waals surface area (Å²) in [6.45, 7) is 3.81. The van der Waals surface area contributed by atoms with E-state index < -0.39 is 0 Å². The van der Waals surface area contributed by atoms with Crippen LogP contribution in [0.5, 0.6) is 0 Å². The number of rotatable bonds is 5. The van der Waals surface area contributed by atoms with Gasteiger partial charge in [-0.05, 0) is 32.0 Å². The van der Waals surface area contributed by atoms with Crippen LogP contribution in [0.15, 0.2) is 48.9 Å². The molecule has 1 aliphatic heterocycles. The molecule has 3 atom stereocenters. The molecule has 1 saturated heterocycles. The Morgan fingerprint density at radius 2 is 2.04 bits per heavy atom. The molecule has 136 valence electrons. The maximum absolute atomic E-state index is 6.36. The number of nitrogens with zero attached hydrogens (tertiary/aromatic N) is 4. The molecule has 26 heavy (non-hydrogen) atoms. The molecule has 3 aromatic rings. The van der Waals surface area contributed by atoms with Crippen LogP contribution in [0.4, 0.5) is 0 Å². The summed E-state index contributed by atoms with van der Waals surface area (Å²) in [6, 6.07) is 12.6. The van der Waals surface area contributed by atoms with Crippen molar-refractivity contribution in [3.8, 4) is 0 Å². The van der Waals surface area contributed by atoms with Gasteiger partial charge in [0.1, 0.15) is 18.2 Å². The summed E-state index contributed by atoms with van der Waals surface area (Å²) in [5.74, 6) is 0. The zero-order valence-corrected chi connectivity index (χ0v) is 16.0. The van der Waals surface area contributed by atoms with Gasteiger partial charge in [0, 0.05) is 29.9 Å². The first-order chi connectivity index (χ1) is 12.6. The lowest BCUT2D eigenvalue weighted by Gasteiger charge is -2.22. The molecule has 6 heteroatoms. The smallest absolute Gasteiger partial charge is 0.147 e. The van der Waals surface area contributed by atoms with Gasteiger partial charge in [0.15, 0.2) is 0 Å². The third-order valence-electron chi connectivity index (χ3n) is 4.96. The Labute approximate surface area is 159 Å². The molecule has 1 fully saturated rings. The van der Waals surface area contributed by atoms with Crippen molar-refractivity contribution < 1.29 is 4.74 Å². The fourth-order valence-electron chi connectivity index (χ4n) is 3.71. The van der Waals surface area contributed by atoms with Crippen LogP contribution in [0.3, 0.4) is 0 Å². The van der Waals surface area contributed by atoms with Gasteiger partial charge < -0.3 is 9.30 Å². The van der Waals surface area contributed by atoms with E-state index >= 15 is 0 Å². The fraction of sp³-hybridized carbons (Fsp3) is 0.400. The topological polar surface area (TPSA) is 43.2 Å². The largest absolute Gasteiger partial charge is 0.352 e. The Balaban J connectivity index is 1.45. The van der Waals surface area contributed by atoms with Crippen molar-refractivity contribution in [2.75, 3.05) is 13.6 Å². The van der Waals surface area contributed by atoms with Gasteiger partial charge in [-0.3, -0.25) is 4.90 Å². The highest BCUT2D eigenvalue weighted by Crippen LogP contribution is 2.35. The highest BCUT2D eigenvalue weighted by molar-refractivity contribution is 7.81. The molecule has 0 unspecified atom stereocenters. The number of benzene rings is 1. The zero-order valence-electron chi connectivity index (χ0n) is 15.1. The SMILES string of the molecule is Cc1ncnc2c1ccn2[C@@H]1O[C@@H](CN(C)Cc2ccccc2)C[C@H]1S. The quantitative estimate of drug-likeness (QED) is 0.701. The van der Waals surface area contributed by atoms with E-state index in [0.29, 0.717) is 0 Å². The number of aryl methyl sites for hydroxylation is 1. The average Bonchev–Trinajstić information content (AvgIpc) is 3.20. The van der Waals surface area contributed by atoms with Gasteiger partial charge in [0.05, 0.1) is 11.8 Å². The molecule has 4 rings (SSSR count). The predicted molar refractivity (Wildman–Crippen MR) is 106 cm³/mol. The van der Waals surface area contributed by atoms with Crippen LogP contribution in [0.1, 0.15) is 23.9 Å². The number of fused-ring (bicyclic) bond motifs is 1. The fourth-order valence-corrected chi connectivity index (χ4v) is 4.16. The van der Waals surface area contributed by atoms with Gasteiger partial charge in [-0.15, -0.1) is 0 Å². The lowest BCUT2D eigenvalue weighted by Crippen LogP contribution is -2.28. The summed E-state index contributed by atoms with van der Waals surface area (Å²) in [6.07, 6.45) is 4.64. The van der Waals surface area contributed by atoms with Crippen LogP contribution in [-0.4, -0.2) is 44.4 Å². The van der Waals surface area contributed by atoms with Crippen molar-refractivity contribution in [2.45, 2.75) is 37.5 Å². The zero-order chi connectivity index (χ0) is 18.1. The Hall–Kier alpha value is -1.89. The average molecular weight is 369 g/mol. The van der Waals surface area contributed by atoms with E-state index in [4.69, 9.17) is 17.4 Å². The lowest BCUT2D eigenvalue weighted by atomic mass is 10.2. The maximum Gasteiger partial charge on any atom is 0.147 e. The van der Waals surface area contributed by atoms with Crippen LogP contribution in [-0.2, 0) is 11.3 Å². The van der Waals surface area contributed by atoms with E-state index in [2.05, 4.69) is 56.8 Å². The third-order valence-corrected chi connectivity index (χ3v) is 5.42. The monoisotopic (exact) mass is 368 g/mol. The van der Waals surface area contributed by atoms with Crippen molar-refractivity contribution in [3.63, 3.8) is 0 Å². The number of aromatic nitrogens is 3. The van der Waals surface area contributed by atoms with Crippen molar-refractivity contribution >= 4 is 23.7 Å². The van der Waals surface area contributed by atoms with Crippen LogP contribution in [0.25, 0.3) is 11.0 Å². The van der Waals surface area contributed by atoms with E-state index in [1.165, 1.54) is 5.56 Å². The number of likely N-dealkylation sites (N-methyl/N-ethyl adjacent to an activating group) is 1. The highest BCUT2D eigenvalue weighted by atomic mass is 32.1. The molecular formula is C20H24N4OS. The molecule has 5 nitrogen and oxygen atoms in total. The van der Waals surface area contributed by atoms with E-state index in [1.54, 1.807) is 6.33 Å². The molecule has 2 aromatic heterocycles. The van der Waals surface area contributed by atoms with Gasteiger partial charge in [-0.1, -0.05) is 30.3 Å². The minimum atomic E-state index is -0.0970. The van der Waals surface area contributed by atoms with Crippen molar-refractivity contribution in [2.24, 2.45) is 0 Å². The van der Waals surface area contributed by atoms with Crippen molar-refractivity contribution in [1.29, 1.82) is 0 Å². The third kappa shape index (κ3) is 3.49. The number of hydrogen-bond donors (Lipinski definition) is 1. The van der Waals surface area contributed by atoms with Gasteiger partial charge in [-0.25, -0.2) is 9.97 Å². The molecule has 1 aliphatic rings. The molecule has 0 aliphatic carbocycles. The van der Waals surface area contributed by atoms with Gasteiger partial charge in [-0.2, -0.15) is 12.6 Å². The maximum atomic E-state index is 6.36. The molecular weight excluding hydrogens is 344 g/mol. The first kappa shape index (κ1) is 17.5. The summed E-state index contributed by atoms with van der Waals surface area (Å²) >= 11 is 4.80. The minimum Gasteiger partial charge on any atom is -0.352 e. The molecule has 0 N–H and O–H groups in total. The summed E-state index contributed by atoms with van der Waals surface area (Å²) in [5, 5.41) is 1.22. The van der Waals surface area contributed by atoms with Gasteiger partial charge in [0.25, 0.3) is 0 Å². The van der Waals surface area contributed by atoms with Crippen LogP contribution >= 0.6 is 12.6 Å². The Bertz CT molecular complexity index is 882. The first-order valence-corrected chi connectivity index (χ1v) is 9.47. The normalized spacial score (nSPS) is 23.2. The number of ether oxygens (including phenoxy) is 1. The molecule has 3 heterocycles. The molecule has 0 amide bonds. The number of thiol groups is 1. The van der Waals surface area contributed by atoms with Crippen molar-refractivity contribution in [1.82, 2.24) is 19.4 Å². The number of hydrogen-bond acceptors (Lipinski definition) is 5. The van der Waals surface area contributed by atoms with E-state index in [0.717, 1.165) is 36.2 Å². The second-order valence-electron chi connectivity index (χ2n) is 7.05. The standard InChI is InChI=1S/C20H24N4OS/c1-14-17-8-9-24(19(17)22-13-21-14)20-18(26)10-16(25-20)12-23(2)11-15-6-4-3-5-7-15/h3-9,13,16,18,20,26H,10-12H2,1-2H3/t16-,18-,20-/m1/s1. The molecule has 1 aromatic carbocycles. The summed E-state index contributed by atoms with van der Waals surface area (Å²) in [5.41, 5.74) is 3.22. The van der Waals surface area contributed by atoms with Crippen LogP contribution in [0.2, 0.25) is 0 Å². The molecule has 0 saturated carbocycles. The summed E-state index contributed by atoms with van der Waals surface area (Å²) < 4.78 is 8.46. The lowest BCUT2D eigenvalue weighted by molar-refractivity contribution is -0.00765. The summed E-state index contributed by atoms with van der Waals surface area (Å²) in [4.78, 5) is 11.0. The molecule has 0 radical (unpaired) electrons. The Morgan fingerprint density at radius 1 is 1.23 bits per heavy atom. The van der Waals surface area contributed by atoms with E-state index in [1.807, 2.05) is 19.2 Å². The second-order valence-corrected chi connectivity index (χ2v) is 7.72. The predicted octanol–water partition coefficient (Wildman–Crippen LogP) is 3.46. The molecule has 0 spiro atoms. The first-order valence-electron chi connectivity index (χ1n) is 8.96. The highest BCUT2D eigenvalue weighted by Gasteiger charge is 2.35. The second kappa shape index (κ2) is 7.39. The molecule has 0 bridgehead atoms. The van der Waals surface area contributed by atoms with Gasteiger partial charge >= 0.3 is 0 Å². The minimum absolute atomic E-state index is 0.0970. The Kier molecular flexibility index (Phi) is 4.98. The van der Waals surface area contributed by atoms with E-state index in [9.17, 15) is 0 Å². The van der Waals surface area contributed by atoms with Crippen LogP contribution < -0.4 is 0 Å². The summed E-state index contributed by atoms with van der Waals surface area (Å²) in [7, 11) is 2.14. The van der Waals surface area contributed by atoms with E-state index in [-0.39, 0.29) is 17.6 Å².